The number of carbonyl (C=O) groups excluding carboxylic acids is 4. The predicted molar refractivity (Wildman–Crippen MR) is 223 cm³/mol. The van der Waals surface area contributed by atoms with E-state index in [2.05, 4.69) is 46.4 Å². The molecule has 17 heteroatoms. The van der Waals surface area contributed by atoms with Gasteiger partial charge in [-0.1, -0.05) is 38.0 Å². The number of hydrogen-bond acceptors (Lipinski definition) is 12. The van der Waals surface area contributed by atoms with Crippen molar-refractivity contribution in [2.75, 3.05) is 30.9 Å². The summed E-state index contributed by atoms with van der Waals surface area (Å²) in [6, 6.07) is 4.09. The summed E-state index contributed by atoms with van der Waals surface area (Å²) in [6.45, 7) is 11.5. The number of aromatic nitrogens is 1. The van der Waals surface area contributed by atoms with E-state index >= 15 is 0 Å². The third-order valence-corrected chi connectivity index (χ3v) is 13.6. The van der Waals surface area contributed by atoms with Gasteiger partial charge in [0.15, 0.2) is 5.78 Å². The first-order chi connectivity index (χ1) is 27.3. The Morgan fingerprint density at radius 1 is 1.16 bits per heavy atom. The van der Waals surface area contributed by atoms with Crippen LogP contribution in [-0.2, 0) is 40.5 Å². The van der Waals surface area contributed by atoms with Crippen molar-refractivity contribution in [3.63, 3.8) is 0 Å². The number of amides is 3. The van der Waals surface area contributed by atoms with Gasteiger partial charge in [-0.05, 0) is 84.8 Å². The molecular formula is C41H59N7O8S2. The molecule has 1 aliphatic carbocycles. The fourth-order valence-electron chi connectivity index (χ4n) is 8.10. The smallest absolute Gasteiger partial charge is 0.408 e. The maximum atomic E-state index is 14.7. The minimum atomic E-state index is -4.13. The van der Waals surface area contributed by atoms with Crippen molar-refractivity contribution < 1.29 is 37.1 Å². The number of aryl methyl sites for hydroxylation is 1. The summed E-state index contributed by atoms with van der Waals surface area (Å²) in [5.74, 6) is -1.91. The number of nitrogens with one attached hydrogen (secondary N) is 3. The predicted octanol–water partition coefficient (Wildman–Crippen LogP) is 5.58. The largest absolute Gasteiger partial charge is 0.444 e. The van der Waals surface area contributed by atoms with E-state index in [0.717, 1.165) is 51.2 Å². The number of ketones is 1. The van der Waals surface area contributed by atoms with Crippen LogP contribution in [0.15, 0.2) is 35.7 Å². The fraction of sp³-hybridized carbons (Fsp3) is 0.634. The highest BCUT2D eigenvalue weighted by atomic mass is 32.2. The van der Waals surface area contributed by atoms with Crippen LogP contribution in [0.4, 0.5) is 16.2 Å². The van der Waals surface area contributed by atoms with E-state index in [0.29, 0.717) is 25.7 Å². The first-order valence-electron chi connectivity index (χ1n) is 20.4. The number of allylic oxidation sites excluding steroid dienone is 2. The Balaban J connectivity index is 1.31. The molecule has 1 saturated heterocycles. The molecule has 1 saturated carbocycles. The van der Waals surface area contributed by atoms with E-state index < -0.39 is 63.7 Å². The molecule has 0 bridgehead atoms. The third kappa shape index (κ3) is 9.53. The van der Waals surface area contributed by atoms with Gasteiger partial charge in [-0.25, -0.2) is 14.5 Å². The van der Waals surface area contributed by atoms with E-state index in [1.165, 1.54) is 19.0 Å². The van der Waals surface area contributed by atoms with Gasteiger partial charge in [-0.3, -0.25) is 14.4 Å². The highest BCUT2D eigenvalue weighted by Crippen LogP contribution is 2.57. The molecule has 6 rings (SSSR count). The molecule has 1 aromatic heterocycles. The second-order valence-corrected chi connectivity index (χ2v) is 20.0. The minimum absolute atomic E-state index is 0.00528. The van der Waals surface area contributed by atoms with E-state index in [9.17, 15) is 27.6 Å². The summed E-state index contributed by atoms with van der Waals surface area (Å²) in [4.78, 5) is 64.7. The Kier molecular flexibility index (Phi) is 13.0. The maximum absolute atomic E-state index is 14.7. The van der Waals surface area contributed by atoms with Crippen LogP contribution in [0.25, 0.3) is 10.6 Å². The van der Waals surface area contributed by atoms with Gasteiger partial charge in [-0.2, -0.15) is 12.7 Å². The monoisotopic (exact) mass is 841 g/mol. The summed E-state index contributed by atoms with van der Waals surface area (Å²) in [5.41, 5.74) is 1.69. The summed E-state index contributed by atoms with van der Waals surface area (Å²) in [7, 11) is -1.49. The van der Waals surface area contributed by atoms with Crippen LogP contribution in [0.2, 0.25) is 0 Å². The molecule has 3 aliphatic heterocycles. The Morgan fingerprint density at radius 3 is 2.59 bits per heavy atom. The molecule has 2 fully saturated rings. The first kappa shape index (κ1) is 43.5. The number of rotatable bonds is 9. The second kappa shape index (κ2) is 17.3. The highest BCUT2D eigenvalue weighted by Gasteiger charge is 2.61. The number of Topliss-reactive ketones (excluding diaryl/α,β-unsaturated/α-hetero) is 1. The molecule has 4 aliphatic rings. The standard InChI is InChI=1S/C41H59N7O8S2/c1-9-27-24-57-35(42-27)29-17-15-19-31-34(29)44-38(48(31)25(2)3)55-28-20-32-33(49)22-41(37(51)45-58(53,54)46(7)8)21-26(41)16-13-11-10-12-14-18-30(36(50)47(32)23-28)43-39(52)56-40(4,5)6/h13,15-17,19,24-26,28,30,32,38,44H,9-12,14,18,20-23H2,1-8H3,(H,43,52)(H,45,51)/b16-13-/t26-,28-,30+,32+,38?,41-/m1/s1. The topological polar surface area (TPSA) is 180 Å². The van der Waals surface area contributed by atoms with Gasteiger partial charge >= 0.3 is 16.3 Å². The lowest BCUT2D eigenvalue weighted by atomic mass is 9.91. The van der Waals surface area contributed by atoms with Gasteiger partial charge in [0.05, 0.1) is 34.6 Å². The minimum Gasteiger partial charge on any atom is -0.444 e. The summed E-state index contributed by atoms with van der Waals surface area (Å²) < 4.78 is 41.1. The molecule has 3 amide bonds. The van der Waals surface area contributed by atoms with Gasteiger partial charge in [0.1, 0.15) is 16.7 Å². The maximum Gasteiger partial charge on any atom is 0.408 e. The van der Waals surface area contributed by atoms with Crippen LogP contribution < -0.4 is 20.3 Å². The molecule has 3 N–H and O–H groups in total. The Bertz CT molecular complexity index is 2010. The van der Waals surface area contributed by atoms with Crippen LogP contribution in [0.1, 0.15) is 98.6 Å². The van der Waals surface area contributed by atoms with Crippen LogP contribution in [-0.4, -0.2) is 103 Å². The van der Waals surface area contributed by atoms with E-state index in [4.69, 9.17) is 14.5 Å². The van der Waals surface area contributed by atoms with Gasteiger partial charge in [0, 0.05) is 50.5 Å². The summed E-state index contributed by atoms with van der Waals surface area (Å²) >= 11 is 1.58. The number of ether oxygens (including phenoxy) is 2. The molecule has 0 spiro atoms. The number of nitrogens with zero attached hydrogens (tertiary/aromatic N) is 4. The molecule has 58 heavy (non-hydrogen) atoms. The van der Waals surface area contributed by atoms with E-state index in [-0.39, 0.29) is 37.1 Å². The van der Waals surface area contributed by atoms with Crippen molar-refractivity contribution in [3.8, 4) is 10.6 Å². The van der Waals surface area contributed by atoms with Crippen molar-refractivity contribution >= 4 is 56.6 Å². The zero-order chi connectivity index (χ0) is 42.2. The normalized spacial score (nSPS) is 27.2. The Hall–Kier alpha value is -4.06. The number of hydrogen-bond donors (Lipinski definition) is 3. The van der Waals surface area contributed by atoms with Crippen LogP contribution in [0, 0.1) is 11.3 Å². The molecule has 0 radical (unpaired) electrons. The molecule has 2 aromatic rings. The quantitative estimate of drug-likeness (QED) is 0.268. The SMILES string of the molecule is CCc1csc(-c2cccc3c2NC(O[C@@H]2C[C@H]4C(=O)C[C@]5(C(=O)NS(=O)(=O)N(C)C)C[C@H]5/C=C\CCCCC[C@H](NC(=O)OC(C)(C)C)C(=O)N4C2)N3C(C)C)n1. The summed E-state index contributed by atoms with van der Waals surface area (Å²) in [6.07, 6.45) is 6.15. The molecular weight excluding hydrogens is 783 g/mol. The number of para-hydroxylation sites is 1. The van der Waals surface area contributed by atoms with Gasteiger partial charge < -0.3 is 29.9 Å². The van der Waals surface area contributed by atoms with Crippen LogP contribution in [0.3, 0.4) is 0 Å². The second-order valence-electron chi connectivity index (χ2n) is 17.3. The number of carbonyl (C=O) groups is 4. The molecule has 6 atom stereocenters. The first-order valence-corrected chi connectivity index (χ1v) is 22.7. The lowest BCUT2D eigenvalue weighted by molar-refractivity contribution is -0.140. The average molecular weight is 842 g/mol. The number of alkyl carbamates (subject to hydrolysis) is 1. The van der Waals surface area contributed by atoms with Crippen molar-refractivity contribution in [1.82, 2.24) is 24.2 Å². The molecule has 1 aromatic carbocycles. The van der Waals surface area contributed by atoms with Crippen molar-refractivity contribution in [2.24, 2.45) is 11.3 Å². The number of fused-ring (bicyclic) bond motifs is 3. The Morgan fingerprint density at radius 2 is 1.91 bits per heavy atom. The lowest BCUT2D eigenvalue weighted by Gasteiger charge is -2.32. The van der Waals surface area contributed by atoms with Gasteiger partial charge in [0.25, 0.3) is 0 Å². The Labute approximate surface area is 346 Å². The molecule has 318 valence electrons. The van der Waals surface area contributed by atoms with Crippen molar-refractivity contribution in [3.05, 3.63) is 41.4 Å². The van der Waals surface area contributed by atoms with Gasteiger partial charge in [-0.15, -0.1) is 11.3 Å². The van der Waals surface area contributed by atoms with Gasteiger partial charge in [0.2, 0.25) is 18.2 Å². The van der Waals surface area contributed by atoms with Crippen molar-refractivity contribution in [1.29, 1.82) is 0 Å². The van der Waals surface area contributed by atoms with E-state index in [1.807, 2.05) is 30.4 Å². The average Bonchev–Trinajstić information content (AvgIpc) is 3.49. The zero-order valence-electron chi connectivity index (χ0n) is 34.9. The zero-order valence-corrected chi connectivity index (χ0v) is 36.5. The highest BCUT2D eigenvalue weighted by molar-refractivity contribution is 7.87. The number of anilines is 2. The molecule has 1 unspecified atom stereocenters. The molecule has 4 heterocycles. The summed E-state index contributed by atoms with van der Waals surface area (Å²) in [5, 5.41) is 9.33. The van der Waals surface area contributed by atoms with Crippen molar-refractivity contribution in [2.45, 2.75) is 136 Å². The fourth-order valence-corrected chi connectivity index (χ4v) is 9.65. The number of thiazole rings is 1. The third-order valence-electron chi connectivity index (χ3n) is 11.3. The van der Waals surface area contributed by atoms with E-state index in [1.54, 1.807) is 32.1 Å². The van der Waals surface area contributed by atoms with Crippen LogP contribution >= 0.6 is 11.3 Å². The lowest BCUT2D eigenvalue weighted by Crippen LogP contribution is -2.53. The number of benzene rings is 1. The van der Waals surface area contributed by atoms with Crippen LogP contribution in [0.5, 0.6) is 0 Å². The molecule has 15 nitrogen and oxygen atoms in total.